The Balaban J connectivity index is 0.00000100. The number of hydrogen-bond donors (Lipinski definition) is 3. The molecule has 3 N–H and O–H groups in total. The van der Waals surface area contributed by atoms with Crippen LogP contribution in [0.3, 0.4) is 0 Å². The Morgan fingerprint density at radius 2 is 1.54 bits per heavy atom. The third-order valence-corrected chi connectivity index (χ3v) is 6.53. The Morgan fingerprint density at radius 1 is 0.943 bits per heavy atom. The SMILES string of the molecule is CC(=O)O.Cc1cc(N2CCN(CC(C)(C)O)C[C@@H]2C)ccc1N1CCN(CC(C)(C)O)[C@H](C)C1. The molecule has 1 aromatic rings. The summed E-state index contributed by atoms with van der Waals surface area (Å²) in [4.78, 5) is 18.8. The van der Waals surface area contributed by atoms with Gasteiger partial charge in [-0.15, -0.1) is 0 Å². The summed E-state index contributed by atoms with van der Waals surface area (Å²) in [6.07, 6.45) is 0. The number of aliphatic carboxylic acids is 1. The predicted octanol–water partition coefficient (Wildman–Crippen LogP) is 2.65. The van der Waals surface area contributed by atoms with Gasteiger partial charge < -0.3 is 25.1 Å². The third-order valence-electron chi connectivity index (χ3n) is 6.53. The smallest absolute Gasteiger partial charge is 0.300 e. The number of rotatable bonds is 6. The van der Waals surface area contributed by atoms with Gasteiger partial charge >= 0.3 is 0 Å². The van der Waals surface area contributed by atoms with Crippen molar-refractivity contribution in [2.45, 2.75) is 78.7 Å². The zero-order valence-electron chi connectivity index (χ0n) is 23.1. The second kappa shape index (κ2) is 11.9. The predicted molar refractivity (Wildman–Crippen MR) is 144 cm³/mol. The number of aryl methyl sites for hydroxylation is 1. The lowest BCUT2D eigenvalue weighted by Gasteiger charge is -2.44. The van der Waals surface area contributed by atoms with E-state index >= 15 is 0 Å². The molecule has 0 aliphatic carbocycles. The Hall–Kier alpha value is -1.87. The van der Waals surface area contributed by atoms with E-state index in [2.05, 4.69) is 58.6 Å². The standard InChI is InChI=1S/C25H44N4O2.C2H4O2/c1-19-14-22(29-13-10-26(15-21(29)3)17-24(4,5)30)8-9-23(19)27-11-12-28(20(2)16-27)18-25(6,7)31;1-2(3)4/h8-9,14,20-21,30-31H,10-13,15-18H2,1-7H3;1H3,(H,3,4)/t20-,21+;/m1./s1. The summed E-state index contributed by atoms with van der Waals surface area (Å²) in [5, 5.41) is 27.7. The van der Waals surface area contributed by atoms with Crippen LogP contribution in [0, 0.1) is 6.92 Å². The first-order valence-corrected chi connectivity index (χ1v) is 12.8. The number of hydrogen-bond acceptors (Lipinski definition) is 7. The fraction of sp³-hybridized carbons (Fsp3) is 0.741. The fourth-order valence-corrected chi connectivity index (χ4v) is 5.23. The van der Waals surface area contributed by atoms with Gasteiger partial charge in [0.2, 0.25) is 0 Å². The highest BCUT2D eigenvalue weighted by atomic mass is 16.4. The summed E-state index contributed by atoms with van der Waals surface area (Å²) in [6, 6.07) is 7.75. The van der Waals surface area contributed by atoms with E-state index in [-0.39, 0.29) is 0 Å². The topological polar surface area (TPSA) is 90.7 Å². The van der Waals surface area contributed by atoms with E-state index in [0.29, 0.717) is 12.1 Å². The largest absolute Gasteiger partial charge is 0.481 e. The van der Waals surface area contributed by atoms with Crippen LogP contribution in [-0.2, 0) is 4.79 Å². The number of β-amino-alcohol motifs (C(OH)–C–C–N with tert-alkyl or cyclic N) is 2. The summed E-state index contributed by atoms with van der Waals surface area (Å²) in [5.41, 5.74) is 2.65. The van der Waals surface area contributed by atoms with Crippen LogP contribution in [0.25, 0.3) is 0 Å². The number of carbonyl (C=O) groups is 1. The van der Waals surface area contributed by atoms with Crippen LogP contribution in [0.2, 0.25) is 0 Å². The molecule has 2 aliphatic heterocycles. The van der Waals surface area contributed by atoms with E-state index < -0.39 is 17.2 Å². The van der Waals surface area contributed by atoms with Crippen LogP contribution in [0.1, 0.15) is 54.0 Å². The second-order valence-corrected chi connectivity index (χ2v) is 11.7. The molecule has 35 heavy (non-hydrogen) atoms. The summed E-state index contributed by atoms with van der Waals surface area (Å²) in [5.74, 6) is -0.833. The quantitative estimate of drug-likeness (QED) is 0.558. The van der Waals surface area contributed by atoms with Crippen molar-refractivity contribution in [2.24, 2.45) is 0 Å². The molecule has 200 valence electrons. The lowest BCUT2D eigenvalue weighted by Crippen LogP contribution is -2.55. The molecule has 0 aromatic heterocycles. The van der Waals surface area contributed by atoms with Crippen LogP contribution >= 0.6 is 0 Å². The Kier molecular flexibility index (Phi) is 9.99. The van der Waals surface area contributed by atoms with Gasteiger partial charge in [-0.3, -0.25) is 14.6 Å². The summed E-state index contributed by atoms with van der Waals surface area (Å²) >= 11 is 0. The molecule has 2 aliphatic rings. The molecule has 0 spiro atoms. The lowest BCUT2D eigenvalue weighted by atomic mass is 10.0. The fourth-order valence-electron chi connectivity index (χ4n) is 5.23. The highest BCUT2D eigenvalue weighted by Crippen LogP contribution is 2.30. The number of anilines is 2. The van der Waals surface area contributed by atoms with Crippen molar-refractivity contribution in [2.75, 3.05) is 62.2 Å². The van der Waals surface area contributed by atoms with Gasteiger partial charge in [-0.25, -0.2) is 0 Å². The molecule has 1 aromatic carbocycles. The zero-order chi connectivity index (χ0) is 26.6. The van der Waals surface area contributed by atoms with Crippen LogP contribution in [-0.4, -0.2) is 107 Å². The second-order valence-electron chi connectivity index (χ2n) is 11.7. The molecule has 0 saturated carbocycles. The van der Waals surface area contributed by atoms with Crippen LogP contribution < -0.4 is 9.80 Å². The summed E-state index contributed by atoms with van der Waals surface area (Å²) < 4.78 is 0. The molecule has 0 radical (unpaired) electrons. The summed E-state index contributed by atoms with van der Waals surface area (Å²) in [6.45, 7) is 22.8. The average molecular weight is 493 g/mol. The lowest BCUT2D eigenvalue weighted by molar-refractivity contribution is -0.134. The first kappa shape index (κ1) is 29.4. The molecule has 2 fully saturated rings. The minimum absolute atomic E-state index is 0.420. The number of benzene rings is 1. The van der Waals surface area contributed by atoms with Crippen molar-refractivity contribution in [1.82, 2.24) is 9.80 Å². The minimum Gasteiger partial charge on any atom is -0.481 e. The Labute approximate surface area is 212 Å². The maximum Gasteiger partial charge on any atom is 0.300 e. The van der Waals surface area contributed by atoms with E-state index in [0.717, 1.165) is 59.3 Å². The van der Waals surface area contributed by atoms with Gasteiger partial charge in [-0.05, 0) is 72.2 Å². The zero-order valence-corrected chi connectivity index (χ0v) is 23.1. The minimum atomic E-state index is -0.833. The van der Waals surface area contributed by atoms with Crippen molar-refractivity contribution in [1.29, 1.82) is 0 Å². The van der Waals surface area contributed by atoms with E-state index in [1.54, 1.807) is 0 Å². The Bertz CT molecular complexity index is 829. The Morgan fingerprint density at radius 3 is 2.03 bits per heavy atom. The maximum atomic E-state index is 10.2. The highest BCUT2D eigenvalue weighted by molar-refractivity contribution is 5.63. The van der Waals surface area contributed by atoms with Gasteiger partial charge in [0.15, 0.2) is 0 Å². The molecule has 0 unspecified atom stereocenters. The molecule has 2 atom stereocenters. The number of carboxylic acid groups (broad SMARTS) is 1. The van der Waals surface area contributed by atoms with Gasteiger partial charge in [0.1, 0.15) is 0 Å². The van der Waals surface area contributed by atoms with Crippen LogP contribution in [0.15, 0.2) is 18.2 Å². The molecule has 8 nitrogen and oxygen atoms in total. The number of aliphatic hydroxyl groups is 2. The molecule has 3 rings (SSSR count). The van der Waals surface area contributed by atoms with Gasteiger partial charge in [0, 0.05) is 82.7 Å². The first-order valence-electron chi connectivity index (χ1n) is 12.8. The van der Waals surface area contributed by atoms with E-state index in [1.807, 2.05) is 27.7 Å². The van der Waals surface area contributed by atoms with Crippen molar-refractivity contribution in [3.05, 3.63) is 23.8 Å². The normalized spacial score (nSPS) is 22.6. The first-order chi connectivity index (χ1) is 16.1. The molecule has 2 heterocycles. The highest BCUT2D eigenvalue weighted by Gasteiger charge is 2.30. The van der Waals surface area contributed by atoms with E-state index in [9.17, 15) is 10.2 Å². The monoisotopic (exact) mass is 492 g/mol. The van der Waals surface area contributed by atoms with Crippen molar-refractivity contribution in [3.8, 4) is 0 Å². The van der Waals surface area contributed by atoms with E-state index in [4.69, 9.17) is 9.90 Å². The maximum absolute atomic E-state index is 10.2. The van der Waals surface area contributed by atoms with Gasteiger partial charge in [-0.1, -0.05) is 0 Å². The number of nitrogens with zero attached hydrogens (tertiary/aromatic N) is 4. The third kappa shape index (κ3) is 9.60. The van der Waals surface area contributed by atoms with Gasteiger partial charge in [0.05, 0.1) is 11.2 Å². The van der Waals surface area contributed by atoms with Crippen molar-refractivity contribution in [3.63, 3.8) is 0 Å². The molecule has 0 bridgehead atoms. The van der Waals surface area contributed by atoms with Crippen molar-refractivity contribution >= 4 is 17.3 Å². The van der Waals surface area contributed by atoms with Crippen LogP contribution in [0.5, 0.6) is 0 Å². The number of piperazine rings is 2. The average Bonchev–Trinajstić information content (AvgIpc) is 2.67. The molecule has 2 saturated heterocycles. The van der Waals surface area contributed by atoms with Crippen LogP contribution in [0.4, 0.5) is 11.4 Å². The van der Waals surface area contributed by atoms with E-state index in [1.165, 1.54) is 16.9 Å². The molecule has 0 amide bonds. The molecule has 8 heteroatoms. The number of carboxylic acids is 1. The molecular formula is C27H48N4O4. The van der Waals surface area contributed by atoms with Gasteiger partial charge in [0.25, 0.3) is 5.97 Å². The van der Waals surface area contributed by atoms with Gasteiger partial charge in [-0.2, -0.15) is 0 Å². The molecular weight excluding hydrogens is 444 g/mol. The van der Waals surface area contributed by atoms with Crippen molar-refractivity contribution < 1.29 is 20.1 Å². The summed E-state index contributed by atoms with van der Waals surface area (Å²) in [7, 11) is 0.